The predicted octanol–water partition coefficient (Wildman–Crippen LogP) is 2.18. The molecule has 4 nitrogen and oxygen atoms in total. The number of benzene rings is 1. The first-order chi connectivity index (χ1) is 8.13. The van der Waals surface area contributed by atoms with Crippen LogP contribution < -0.4 is 10.5 Å². The fourth-order valence-corrected chi connectivity index (χ4v) is 1.60. The summed E-state index contributed by atoms with van der Waals surface area (Å²) in [5.41, 5.74) is 7.31. The van der Waals surface area contributed by atoms with Crippen molar-refractivity contribution in [3.8, 4) is 17.0 Å². The van der Waals surface area contributed by atoms with Gasteiger partial charge in [0, 0.05) is 5.56 Å². The Bertz CT molecular complexity index is 557. The van der Waals surface area contributed by atoms with Crippen molar-refractivity contribution >= 4 is 5.82 Å². The van der Waals surface area contributed by atoms with Gasteiger partial charge in [-0.1, -0.05) is 11.6 Å². The van der Waals surface area contributed by atoms with E-state index >= 15 is 0 Å². The Hall–Kier alpha value is -2.17. The van der Waals surface area contributed by atoms with Crippen molar-refractivity contribution in [3.63, 3.8) is 0 Å². The van der Waals surface area contributed by atoms with Crippen molar-refractivity contribution < 1.29 is 9.13 Å². The lowest BCUT2D eigenvalue weighted by Gasteiger charge is -2.10. The van der Waals surface area contributed by atoms with Crippen molar-refractivity contribution in [2.45, 2.75) is 6.92 Å². The van der Waals surface area contributed by atoms with Crippen LogP contribution in [0.5, 0.6) is 5.75 Å². The quantitative estimate of drug-likeness (QED) is 0.863. The Kier molecular flexibility index (Phi) is 2.91. The number of aryl methyl sites for hydroxylation is 1. The number of hydrogen-bond donors (Lipinski definition) is 1. The zero-order valence-electron chi connectivity index (χ0n) is 9.57. The van der Waals surface area contributed by atoms with Crippen LogP contribution in [-0.4, -0.2) is 17.1 Å². The van der Waals surface area contributed by atoms with Crippen LogP contribution in [-0.2, 0) is 0 Å². The normalized spacial score (nSPS) is 10.3. The fourth-order valence-electron chi connectivity index (χ4n) is 1.60. The van der Waals surface area contributed by atoms with Crippen LogP contribution in [0.2, 0.25) is 0 Å². The Morgan fingerprint density at radius 2 is 2.06 bits per heavy atom. The molecule has 0 saturated heterocycles. The number of anilines is 1. The van der Waals surface area contributed by atoms with Gasteiger partial charge in [0.25, 0.3) is 0 Å². The minimum Gasteiger partial charge on any atom is -0.491 e. The molecular formula is C12H12FN3O. The average molecular weight is 233 g/mol. The van der Waals surface area contributed by atoms with E-state index in [1.54, 1.807) is 12.1 Å². The van der Waals surface area contributed by atoms with Crippen molar-refractivity contribution in [1.82, 2.24) is 9.97 Å². The van der Waals surface area contributed by atoms with Crippen LogP contribution >= 0.6 is 0 Å². The van der Waals surface area contributed by atoms with Gasteiger partial charge in [0.1, 0.15) is 17.8 Å². The highest BCUT2D eigenvalue weighted by atomic mass is 19.1. The van der Waals surface area contributed by atoms with Crippen LogP contribution in [0.3, 0.4) is 0 Å². The molecule has 1 aromatic carbocycles. The third-order valence-electron chi connectivity index (χ3n) is 2.41. The van der Waals surface area contributed by atoms with Gasteiger partial charge in [0.15, 0.2) is 11.6 Å². The van der Waals surface area contributed by atoms with E-state index in [0.29, 0.717) is 11.3 Å². The number of rotatable bonds is 2. The maximum atomic E-state index is 13.7. The first kappa shape index (κ1) is 11.3. The maximum absolute atomic E-state index is 13.7. The van der Waals surface area contributed by atoms with E-state index in [9.17, 15) is 4.39 Å². The van der Waals surface area contributed by atoms with Crippen molar-refractivity contribution in [1.29, 1.82) is 0 Å². The molecule has 17 heavy (non-hydrogen) atoms. The second kappa shape index (κ2) is 4.37. The lowest BCUT2D eigenvalue weighted by molar-refractivity contribution is 0.415. The van der Waals surface area contributed by atoms with Crippen molar-refractivity contribution in [3.05, 3.63) is 35.9 Å². The van der Waals surface area contributed by atoms with E-state index in [2.05, 4.69) is 9.97 Å². The number of nitrogens with two attached hydrogens (primary N) is 1. The summed E-state index contributed by atoms with van der Waals surface area (Å²) in [5, 5.41) is 0. The monoisotopic (exact) mass is 233 g/mol. The number of hydrogen-bond acceptors (Lipinski definition) is 4. The third-order valence-corrected chi connectivity index (χ3v) is 2.41. The molecule has 0 fully saturated rings. The molecular weight excluding hydrogens is 221 g/mol. The Morgan fingerprint density at radius 3 is 2.76 bits per heavy atom. The largest absolute Gasteiger partial charge is 0.491 e. The Morgan fingerprint density at radius 1 is 1.29 bits per heavy atom. The van der Waals surface area contributed by atoms with Crippen LogP contribution in [0.25, 0.3) is 11.3 Å². The van der Waals surface area contributed by atoms with Gasteiger partial charge < -0.3 is 10.5 Å². The Labute approximate surface area is 98.3 Å². The highest BCUT2D eigenvalue weighted by Gasteiger charge is 2.15. The lowest BCUT2D eigenvalue weighted by atomic mass is 10.1. The summed E-state index contributed by atoms with van der Waals surface area (Å²) in [7, 11) is 1.45. The summed E-state index contributed by atoms with van der Waals surface area (Å²) in [6.07, 6.45) is 1.29. The molecule has 0 unspecified atom stereocenters. The van der Waals surface area contributed by atoms with Gasteiger partial charge in [0.05, 0.1) is 7.11 Å². The third kappa shape index (κ3) is 2.04. The molecule has 0 radical (unpaired) electrons. The van der Waals surface area contributed by atoms with Gasteiger partial charge in [-0.15, -0.1) is 0 Å². The van der Waals surface area contributed by atoms with Crippen molar-refractivity contribution in [2.24, 2.45) is 0 Å². The smallest absolute Gasteiger partial charge is 0.187 e. The zero-order valence-corrected chi connectivity index (χ0v) is 9.57. The molecule has 2 rings (SSSR count). The summed E-state index contributed by atoms with van der Waals surface area (Å²) in [4.78, 5) is 7.83. The molecule has 1 aromatic heterocycles. The molecule has 0 spiro atoms. The van der Waals surface area contributed by atoms with Crippen molar-refractivity contribution in [2.75, 3.05) is 12.8 Å². The molecule has 1 heterocycles. The molecule has 2 aromatic rings. The second-order valence-corrected chi connectivity index (χ2v) is 3.62. The highest BCUT2D eigenvalue weighted by Crippen LogP contribution is 2.33. The summed E-state index contributed by atoms with van der Waals surface area (Å²) in [6.45, 7) is 1.87. The Balaban J connectivity index is 2.68. The topological polar surface area (TPSA) is 61.0 Å². The lowest BCUT2D eigenvalue weighted by Crippen LogP contribution is -2.01. The molecule has 0 aliphatic rings. The molecule has 0 saturated carbocycles. The van der Waals surface area contributed by atoms with E-state index in [4.69, 9.17) is 10.5 Å². The second-order valence-electron chi connectivity index (χ2n) is 3.62. The van der Waals surface area contributed by atoms with E-state index < -0.39 is 0 Å². The SMILES string of the molecule is COc1c(N)ncnc1-c1cc(C)ccc1F. The number of nitrogen functional groups attached to an aromatic ring is 1. The molecule has 0 aliphatic heterocycles. The standard InChI is InChI=1S/C12H12FN3O/c1-7-3-4-9(13)8(5-7)10-11(17-2)12(14)16-6-15-10/h3-6H,1-2H3,(H2,14,15,16). The predicted molar refractivity (Wildman–Crippen MR) is 63.1 cm³/mol. The van der Waals surface area contributed by atoms with Crippen LogP contribution in [0.1, 0.15) is 5.56 Å². The molecule has 5 heteroatoms. The highest BCUT2D eigenvalue weighted by molar-refractivity contribution is 5.72. The molecule has 0 aliphatic carbocycles. The summed E-state index contributed by atoms with van der Waals surface area (Å²) < 4.78 is 18.9. The van der Waals surface area contributed by atoms with E-state index in [0.717, 1.165) is 5.56 Å². The first-order valence-corrected chi connectivity index (χ1v) is 5.04. The summed E-state index contributed by atoms with van der Waals surface area (Å²) in [5.74, 6) is 0.113. The van der Waals surface area contributed by atoms with Gasteiger partial charge in [-0.05, 0) is 19.1 Å². The number of ether oxygens (including phenoxy) is 1. The van der Waals surface area contributed by atoms with Crippen LogP contribution in [0.15, 0.2) is 24.5 Å². The molecule has 0 bridgehead atoms. The zero-order chi connectivity index (χ0) is 12.4. The average Bonchev–Trinajstić information content (AvgIpc) is 2.32. The molecule has 2 N–H and O–H groups in total. The maximum Gasteiger partial charge on any atom is 0.187 e. The van der Waals surface area contributed by atoms with Gasteiger partial charge in [-0.25, -0.2) is 14.4 Å². The first-order valence-electron chi connectivity index (χ1n) is 5.04. The van der Waals surface area contributed by atoms with E-state index in [1.807, 2.05) is 6.92 Å². The number of aromatic nitrogens is 2. The molecule has 88 valence electrons. The van der Waals surface area contributed by atoms with Gasteiger partial charge in [0.2, 0.25) is 0 Å². The van der Waals surface area contributed by atoms with E-state index in [-0.39, 0.29) is 17.4 Å². The van der Waals surface area contributed by atoms with Crippen LogP contribution in [0, 0.1) is 12.7 Å². The number of nitrogens with zero attached hydrogens (tertiary/aromatic N) is 2. The van der Waals surface area contributed by atoms with Gasteiger partial charge in [-0.3, -0.25) is 0 Å². The molecule has 0 atom stereocenters. The van der Waals surface area contributed by atoms with Gasteiger partial charge >= 0.3 is 0 Å². The minimum absolute atomic E-state index is 0.193. The summed E-state index contributed by atoms with van der Waals surface area (Å²) >= 11 is 0. The fraction of sp³-hybridized carbons (Fsp3) is 0.167. The minimum atomic E-state index is -0.369. The number of methoxy groups -OCH3 is 1. The molecule has 0 amide bonds. The summed E-state index contributed by atoms with van der Waals surface area (Å²) in [6, 6.07) is 4.78. The van der Waals surface area contributed by atoms with E-state index in [1.165, 1.54) is 19.5 Å². The van der Waals surface area contributed by atoms with Crippen LogP contribution in [0.4, 0.5) is 10.2 Å². The van der Waals surface area contributed by atoms with Gasteiger partial charge in [-0.2, -0.15) is 0 Å². The number of halogens is 1.